The fourth-order valence-electron chi connectivity index (χ4n) is 4.05. The number of carbonyl (C=O) groups is 2. The second kappa shape index (κ2) is 9.40. The number of hydrogen-bond donors (Lipinski definition) is 2. The van der Waals surface area contributed by atoms with Gasteiger partial charge in [-0.3, -0.25) is 0 Å². The van der Waals surface area contributed by atoms with E-state index in [1.165, 1.54) is 6.08 Å². The summed E-state index contributed by atoms with van der Waals surface area (Å²) in [6, 6.07) is 9.95. The number of rotatable bonds is 6. The molecule has 0 amide bonds. The van der Waals surface area contributed by atoms with Crippen molar-refractivity contribution >= 4 is 17.5 Å². The van der Waals surface area contributed by atoms with Gasteiger partial charge in [-0.1, -0.05) is 42.5 Å². The van der Waals surface area contributed by atoms with Gasteiger partial charge in [0.25, 0.3) is 0 Å². The van der Waals surface area contributed by atoms with Crippen molar-refractivity contribution in [2.24, 2.45) is 0 Å². The molecule has 30 heavy (non-hydrogen) atoms. The van der Waals surface area contributed by atoms with Gasteiger partial charge in [0.05, 0.1) is 5.56 Å². The summed E-state index contributed by atoms with van der Waals surface area (Å²) in [5.74, 6) is -1.88. The van der Waals surface area contributed by atoms with E-state index in [4.69, 9.17) is 5.11 Å². The Labute approximate surface area is 177 Å². The second-order valence-corrected chi connectivity index (χ2v) is 7.52. The van der Waals surface area contributed by atoms with Crippen molar-refractivity contribution in [3.05, 3.63) is 87.5 Å². The molecular weight excluding hydrogens is 376 g/mol. The lowest BCUT2D eigenvalue weighted by molar-refractivity contribution is -0.131. The molecule has 2 rings (SSSR count). The Bertz CT molecular complexity index is 1080. The Hall–Kier alpha value is -3.40. The van der Waals surface area contributed by atoms with E-state index in [0.717, 1.165) is 44.5 Å². The predicted molar refractivity (Wildman–Crippen MR) is 122 cm³/mol. The first-order valence-electron chi connectivity index (χ1n) is 9.77. The van der Waals surface area contributed by atoms with E-state index < -0.39 is 11.9 Å². The molecule has 0 bridgehead atoms. The highest BCUT2D eigenvalue weighted by Crippen LogP contribution is 2.33. The SMILES string of the molecule is C/C=C(/C(C)=C\C(C)=C\C(=O)O)c1ccc(-c2c(C)cc(C)c(C(=O)O)c2C)cc1. The fraction of sp³-hybridized carbons (Fsp3) is 0.231. The highest BCUT2D eigenvalue weighted by molar-refractivity contribution is 5.94. The highest BCUT2D eigenvalue weighted by atomic mass is 16.4. The van der Waals surface area contributed by atoms with Crippen LogP contribution in [-0.4, -0.2) is 22.2 Å². The van der Waals surface area contributed by atoms with E-state index in [1.54, 1.807) is 6.92 Å². The Morgan fingerprint density at radius 2 is 1.50 bits per heavy atom. The molecule has 2 aromatic rings. The molecule has 2 N–H and O–H groups in total. The first-order valence-corrected chi connectivity index (χ1v) is 9.77. The number of benzene rings is 2. The van der Waals surface area contributed by atoms with E-state index in [0.29, 0.717) is 11.1 Å². The van der Waals surface area contributed by atoms with Gasteiger partial charge in [-0.05, 0) is 91.6 Å². The monoisotopic (exact) mass is 404 g/mol. The first-order chi connectivity index (χ1) is 14.1. The molecule has 4 heteroatoms. The predicted octanol–water partition coefficient (Wildman–Crippen LogP) is 6.36. The quantitative estimate of drug-likeness (QED) is 0.434. The lowest BCUT2D eigenvalue weighted by Crippen LogP contribution is -2.06. The Morgan fingerprint density at radius 1 is 0.900 bits per heavy atom. The highest BCUT2D eigenvalue weighted by Gasteiger charge is 2.17. The third-order valence-electron chi connectivity index (χ3n) is 5.18. The summed E-state index contributed by atoms with van der Waals surface area (Å²) in [6.45, 7) is 11.3. The van der Waals surface area contributed by atoms with Crippen molar-refractivity contribution in [3.8, 4) is 11.1 Å². The van der Waals surface area contributed by atoms with Crippen LogP contribution in [0.2, 0.25) is 0 Å². The Balaban J connectivity index is 2.49. The molecule has 0 aliphatic rings. The van der Waals surface area contributed by atoms with Crippen molar-refractivity contribution in [2.45, 2.75) is 41.5 Å². The van der Waals surface area contributed by atoms with Crippen molar-refractivity contribution in [1.29, 1.82) is 0 Å². The van der Waals surface area contributed by atoms with Gasteiger partial charge in [-0.15, -0.1) is 0 Å². The van der Waals surface area contributed by atoms with Crippen LogP contribution in [0.25, 0.3) is 16.7 Å². The van der Waals surface area contributed by atoms with Crippen LogP contribution in [0.3, 0.4) is 0 Å². The summed E-state index contributed by atoms with van der Waals surface area (Å²) >= 11 is 0. The molecule has 2 aromatic carbocycles. The van der Waals surface area contributed by atoms with Crippen LogP contribution in [0.4, 0.5) is 0 Å². The lowest BCUT2D eigenvalue weighted by Gasteiger charge is -2.16. The molecule has 4 nitrogen and oxygen atoms in total. The molecule has 0 saturated heterocycles. The van der Waals surface area contributed by atoms with Gasteiger partial charge in [-0.2, -0.15) is 0 Å². The summed E-state index contributed by atoms with van der Waals surface area (Å²) in [5.41, 5.74) is 8.51. The summed E-state index contributed by atoms with van der Waals surface area (Å²) in [7, 11) is 0. The van der Waals surface area contributed by atoms with Crippen molar-refractivity contribution in [3.63, 3.8) is 0 Å². The number of aryl methyl sites for hydroxylation is 2. The molecule has 0 spiro atoms. The van der Waals surface area contributed by atoms with Crippen molar-refractivity contribution < 1.29 is 19.8 Å². The minimum Gasteiger partial charge on any atom is -0.478 e. The number of carboxylic acid groups (broad SMARTS) is 2. The summed E-state index contributed by atoms with van der Waals surface area (Å²) < 4.78 is 0. The molecule has 156 valence electrons. The normalized spacial score (nSPS) is 12.8. The second-order valence-electron chi connectivity index (χ2n) is 7.52. The van der Waals surface area contributed by atoms with Crippen LogP contribution >= 0.6 is 0 Å². The van der Waals surface area contributed by atoms with Crippen LogP contribution in [0.15, 0.2) is 59.7 Å². The van der Waals surface area contributed by atoms with Gasteiger partial charge in [0.2, 0.25) is 0 Å². The first kappa shape index (κ1) is 22.9. The maximum absolute atomic E-state index is 11.7. The van der Waals surface area contributed by atoms with Gasteiger partial charge in [-0.25, -0.2) is 9.59 Å². The van der Waals surface area contributed by atoms with Crippen LogP contribution in [-0.2, 0) is 4.79 Å². The number of aromatic carboxylic acids is 1. The Kier molecular flexibility index (Phi) is 7.17. The van der Waals surface area contributed by atoms with Gasteiger partial charge >= 0.3 is 11.9 Å². The van der Waals surface area contributed by atoms with Crippen LogP contribution in [0.5, 0.6) is 0 Å². The van der Waals surface area contributed by atoms with Gasteiger partial charge in [0, 0.05) is 6.08 Å². The largest absolute Gasteiger partial charge is 0.478 e. The molecule has 0 aliphatic heterocycles. The maximum atomic E-state index is 11.7. The van der Waals surface area contributed by atoms with E-state index in [2.05, 4.69) is 0 Å². The topological polar surface area (TPSA) is 74.6 Å². The summed E-state index contributed by atoms with van der Waals surface area (Å²) in [5, 5.41) is 18.5. The van der Waals surface area contributed by atoms with Crippen LogP contribution in [0, 0.1) is 20.8 Å². The molecule has 0 radical (unpaired) electrons. The maximum Gasteiger partial charge on any atom is 0.336 e. The minimum atomic E-state index is -0.965. The van der Waals surface area contributed by atoms with E-state index in [9.17, 15) is 14.7 Å². The number of hydrogen-bond acceptors (Lipinski definition) is 2. The summed E-state index contributed by atoms with van der Waals surface area (Å²) in [6.07, 6.45) is 5.04. The molecule has 0 aromatic heterocycles. The number of aliphatic carboxylic acids is 1. The smallest absolute Gasteiger partial charge is 0.336 e. The van der Waals surface area contributed by atoms with Gasteiger partial charge in [0.1, 0.15) is 0 Å². The average molecular weight is 405 g/mol. The number of allylic oxidation sites excluding steroid dienone is 5. The zero-order valence-corrected chi connectivity index (χ0v) is 18.3. The molecular formula is C26H28O4. The average Bonchev–Trinajstić information content (AvgIpc) is 2.61. The summed E-state index contributed by atoms with van der Waals surface area (Å²) in [4.78, 5) is 22.6. The van der Waals surface area contributed by atoms with Gasteiger partial charge in [0.15, 0.2) is 0 Å². The fourth-order valence-corrected chi connectivity index (χ4v) is 4.05. The zero-order valence-electron chi connectivity index (χ0n) is 18.3. The van der Waals surface area contributed by atoms with Crippen LogP contribution < -0.4 is 0 Å². The third-order valence-corrected chi connectivity index (χ3v) is 5.18. The van der Waals surface area contributed by atoms with Gasteiger partial charge < -0.3 is 10.2 Å². The zero-order chi connectivity index (χ0) is 22.6. The molecule has 0 saturated carbocycles. The van der Waals surface area contributed by atoms with Crippen molar-refractivity contribution in [1.82, 2.24) is 0 Å². The molecule has 0 aliphatic carbocycles. The molecule has 0 unspecified atom stereocenters. The molecule has 0 atom stereocenters. The molecule has 0 fully saturated rings. The van der Waals surface area contributed by atoms with Crippen LogP contribution in [0.1, 0.15) is 53.4 Å². The lowest BCUT2D eigenvalue weighted by atomic mass is 9.88. The van der Waals surface area contributed by atoms with Crippen molar-refractivity contribution in [2.75, 3.05) is 0 Å². The number of carboxylic acids is 2. The van der Waals surface area contributed by atoms with E-state index in [-0.39, 0.29) is 0 Å². The standard InChI is InChI=1S/C26H28O4/c1-7-22(16(3)12-15(2)13-23(27)28)20-8-10-21(11-9-20)24-17(4)14-18(5)25(19(24)6)26(29)30/h7-14H,1-6H3,(H,27,28)(H,29,30)/b15-13+,16-12-,22-7-. The van der Waals surface area contributed by atoms with E-state index in [1.807, 2.05) is 77.1 Å². The third kappa shape index (κ3) is 4.95. The van der Waals surface area contributed by atoms with E-state index >= 15 is 0 Å². The Morgan fingerprint density at radius 3 is 2.00 bits per heavy atom. The molecule has 0 heterocycles. The minimum absolute atomic E-state index is 0.355.